The van der Waals surface area contributed by atoms with E-state index in [4.69, 9.17) is 22.9 Å². The van der Waals surface area contributed by atoms with Crippen molar-refractivity contribution in [3.8, 4) is 0 Å². The summed E-state index contributed by atoms with van der Waals surface area (Å²) in [5, 5.41) is 0.306. The van der Waals surface area contributed by atoms with Crippen LogP contribution in [0.1, 0.15) is 156 Å². The van der Waals surface area contributed by atoms with Crippen molar-refractivity contribution in [3.63, 3.8) is 0 Å². The number of thioether (sulfide) groups is 1. The Morgan fingerprint density at radius 2 is 1.32 bits per heavy atom. The molecule has 7 nitrogen and oxygen atoms in total. The van der Waals surface area contributed by atoms with Gasteiger partial charge in [0.15, 0.2) is 5.12 Å². The molecular weight excluding hydrogens is 591 g/mol. The van der Waals surface area contributed by atoms with Crippen molar-refractivity contribution in [1.82, 2.24) is 5.48 Å². The van der Waals surface area contributed by atoms with Crippen LogP contribution in [0.2, 0.25) is 6.04 Å². The second-order valence-corrected chi connectivity index (χ2v) is 16.3. The van der Waals surface area contributed by atoms with Gasteiger partial charge in [0.05, 0.1) is 26.4 Å². The largest absolute Gasteiger partial charge is 0.518 e. The number of rotatable bonds is 31. The maximum atomic E-state index is 12.3. The van der Waals surface area contributed by atoms with Gasteiger partial charge >= 0.3 is 8.80 Å². The predicted molar refractivity (Wildman–Crippen MR) is 188 cm³/mol. The van der Waals surface area contributed by atoms with E-state index in [0.717, 1.165) is 57.4 Å². The van der Waals surface area contributed by atoms with Crippen molar-refractivity contribution in [2.75, 3.05) is 51.9 Å². The molecule has 0 aromatic carbocycles. The summed E-state index contributed by atoms with van der Waals surface area (Å²) in [5.41, 5.74) is 3.27. The Hall–Kier alpha value is -0.00312. The van der Waals surface area contributed by atoms with Crippen LogP contribution in [0.4, 0.5) is 0 Å². The molecule has 262 valence electrons. The van der Waals surface area contributed by atoms with Gasteiger partial charge in [-0.25, -0.2) is 5.48 Å². The molecule has 1 saturated heterocycles. The summed E-state index contributed by atoms with van der Waals surface area (Å²) < 4.78 is 30.3. The zero-order valence-electron chi connectivity index (χ0n) is 29.1. The van der Waals surface area contributed by atoms with Gasteiger partial charge in [-0.15, -0.1) is 0 Å². The van der Waals surface area contributed by atoms with Gasteiger partial charge in [-0.05, 0) is 38.0 Å². The van der Waals surface area contributed by atoms with Crippen LogP contribution in [-0.2, 0) is 27.6 Å². The first-order chi connectivity index (χ1) is 21.7. The first kappa shape index (κ1) is 42.0. The van der Waals surface area contributed by atoms with Crippen LogP contribution in [0.5, 0.6) is 0 Å². The van der Waals surface area contributed by atoms with E-state index in [0.29, 0.717) is 56.5 Å². The van der Waals surface area contributed by atoms with Crippen LogP contribution < -0.4 is 5.48 Å². The topological polar surface area (TPSA) is 75.3 Å². The Morgan fingerprint density at radius 1 is 0.727 bits per heavy atom. The van der Waals surface area contributed by atoms with Crippen LogP contribution in [0.3, 0.4) is 0 Å². The number of ether oxygens (including phenoxy) is 2. The number of unbranched alkanes of at least 4 members (excludes halogenated alkanes) is 14. The van der Waals surface area contributed by atoms with Gasteiger partial charge in [0.25, 0.3) is 0 Å². The highest BCUT2D eigenvalue weighted by Crippen LogP contribution is 2.24. The minimum Gasteiger partial charge on any atom is -0.379 e. The second kappa shape index (κ2) is 31.6. The van der Waals surface area contributed by atoms with E-state index in [9.17, 15) is 4.79 Å². The molecule has 1 aliphatic rings. The number of carbonyl (C=O) groups is 1. The Balaban J connectivity index is 2.36. The summed E-state index contributed by atoms with van der Waals surface area (Å²) >= 11 is 1.46. The van der Waals surface area contributed by atoms with Crippen molar-refractivity contribution in [2.24, 2.45) is 5.92 Å². The van der Waals surface area contributed by atoms with E-state index in [-0.39, 0.29) is 0 Å². The molecule has 2 unspecified atom stereocenters. The van der Waals surface area contributed by atoms with Gasteiger partial charge in [0.2, 0.25) is 0 Å². The normalized spacial score (nSPS) is 19.2. The molecule has 2 atom stereocenters. The lowest BCUT2D eigenvalue weighted by atomic mass is 9.97. The summed E-state index contributed by atoms with van der Waals surface area (Å²) in [5.74, 6) is 1.35. The van der Waals surface area contributed by atoms with Gasteiger partial charge in [-0.3, -0.25) is 9.32 Å². The Morgan fingerprint density at radius 3 is 2.00 bits per heavy atom. The zero-order valence-corrected chi connectivity index (χ0v) is 31.0. The Kier molecular flexibility index (Phi) is 30.2. The first-order valence-electron chi connectivity index (χ1n) is 18.7. The van der Waals surface area contributed by atoms with E-state index < -0.39 is 8.80 Å². The SMILES string of the molecule is CCCCCCCCCCCCC1CCO[Si](CCCSC(=O)CCCCCCC)(OCCOCCOCCCC)ONC1. The lowest BCUT2D eigenvalue weighted by molar-refractivity contribution is -0.111. The molecular formula is C35H71NO6SSi. The predicted octanol–water partition coefficient (Wildman–Crippen LogP) is 9.65. The molecule has 1 fully saturated rings. The molecule has 0 bridgehead atoms. The molecule has 0 radical (unpaired) electrons. The third kappa shape index (κ3) is 25.1. The van der Waals surface area contributed by atoms with E-state index in [2.05, 4.69) is 26.3 Å². The van der Waals surface area contributed by atoms with E-state index in [1.165, 1.54) is 102 Å². The van der Waals surface area contributed by atoms with Crippen molar-refractivity contribution < 1.29 is 27.6 Å². The highest BCUT2D eigenvalue weighted by molar-refractivity contribution is 8.13. The molecule has 1 rings (SSSR count). The fourth-order valence-corrected chi connectivity index (χ4v) is 8.85. The quantitative estimate of drug-likeness (QED) is 0.0582. The summed E-state index contributed by atoms with van der Waals surface area (Å²) in [7, 11) is -2.91. The van der Waals surface area contributed by atoms with Crippen LogP contribution in [-0.4, -0.2) is 65.9 Å². The lowest BCUT2D eigenvalue weighted by Gasteiger charge is -2.33. The molecule has 0 saturated carbocycles. The molecule has 1 N–H and O–H groups in total. The van der Waals surface area contributed by atoms with E-state index in [1.807, 2.05) is 0 Å². The van der Waals surface area contributed by atoms with Crippen LogP contribution in [0.25, 0.3) is 0 Å². The van der Waals surface area contributed by atoms with Crippen LogP contribution >= 0.6 is 11.8 Å². The van der Waals surface area contributed by atoms with E-state index >= 15 is 0 Å². The zero-order chi connectivity index (χ0) is 31.8. The number of hydrogen-bond acceptors (Lipinski definition) is 8. The standard InChI is InChI=1S/C35H71NO6SSi/c1-4-7-10-12-13-14-15-16-18-19-22-34-24-26-40-44(42-36-33-34,41-30-29-39-28-27-38-25-9-6-3)32-21-31-43-35(37)23-20-17-11-8-5-2/h34,36H,4-33H2,1-3H3. The van der Waals surface area contributed by atoms with Crippen molar-refractivity contribution in [2.45, 2.75) is 162 Å². The minimum atomic E-state index is -2.91. The molecule has 1 aliphatic heterocycles. The summed E-state index contributed by atoms with van der Waals surface area (Å²) in [6.45, 7) is 11.1. The van der Waals surface area contributed by atoms with Gasteiger partial charge in [-0.2, -0.15) is 0 Å². The van der Waals surface area contributed by atoms with E-state index in [1.54, 1.807) is 0 Å². The van der Waals surface area contributed by atoms with Crippen LogP contribution in [0, 0.1) is 5.92 Å². The molecule has 1 heterocycles. The highest BCUT2D eigenvalue weighted by atomic mass is 32.2. The highest BCUT2D eigenvalue weighted by Gasteiger charge is 2.42. The summed E-state index contributed by atoms with van der Waals surface area (Å²) in [4.78, 5) is 12.3. The van der Waals surface area contributed by atoms with Crippen molar-refractivity contribution in [1.29, 1.82) is 0 Å². The summed E-state index contributed by atoms with van der Waals surface area (Å²) in [6, 6.07) is 0.708. The monoisotopic (exact) mass is 661 g/mol. The molecule has 9 heteroatoms. The number of hydrogen-bond donors (Lipinski definition) is 1. The van der Waals surface area contributed by atoms with Crippen LogP contribution in [0.15, 0.2) is 0 Å². The third-order valence-electron chi connectivity index (χ3n) is 8.35. The maximum absolute atomic E-state index is 12.3. The smallest absolute Gasteiger partial charge is 0.379 e. The molecule has 44 heavy (non-hydrogen) atoms. The molecule has 0 aromatic heterocycles. The second-order valence-electron chi connectivity index (χ2n) is 12.5. The lowest BCUT2D eigenvalue weighted by Crippen LogP contribution is -2.52. The molecule has 0 aromatic rings. The van der Waals surface area contributed by atoms with Gasteiger partial charge < -0.3 is 18.3 Å². The Bertz CT molecular complexity index is 622. The third-order valence-corrected chi connectivity index (χ3v) is 12.1. The fourth-order valence-electron chi connectivity index (χ4n) is 5.46. The van der Waals surface area contributed by atoms with Gasteiger partial charge in [0, 0.05) is 38.0 Å². The van der Waals surface area contributed by atoms with Crippen molar-refractivity contribution in [3.05, 3.63) is 0 Å². The van der Waals surface area contributed by atoms with Gasteiger partial charge in [0.1, 0.15) is 0 Å². The first-order valence-corrected chi connectivity index (χ1v) is 21.6. The minimum absolute atomic E-state index is 0.306. The van der Waals surface area contributed by atoms with Crippen molar-refractivity contribution >= 4 is 25.7 Å². The average molecular weight is 662 g/mol. The Labute approximate surface area is 277 Å². The average Bonchev–Trinajstić information content (AvgIpc) is 3.01. The fraction of sp³-hybridized carbons (Fsp3) is 0.971. The maximum Gasteiger partial charge on any atom is 0.518 e. The molecule has 0 aliphatic carbocycles. The molecule has 0 spiro atoms. The van der Waals surface area contributed by atoms with Gasteiger partial charge in [-0.1, -0.05) is 129 Å². The number of hydroxylamine groups is 1. The molecule has 0 amide bonds. The summed E-state index contributed by atoms with van der Waals surface area (Å²) in [6.07, 6.45) is 25.6. The number of carbonyl (C=O) groups excluding carboxylic acids is 1. The number of nitrogens with one attached hydrogen (secondary N) is 1.